The van der Waals surface area contributed by atoms with Gasteiger partial charge in [-0.1, -0.05) is 23.4 Å². The molecule has 0 aliphatic heterocycles. The second kappa shape index (κ2) is 7.20. The number of halogens is 1. The molecule has 7 heteroatoms. The van der Waals surface area contributed by atoms with Gasteiger partial charge in [0, 0.05) is 18.7 Å². The topological polar surface area (TPSA) is 68.8 Å². The Balaban J connectivity index is 0.00000176. The van der Waals surface area contributed by atoms with Crippen molar-refractivity contribution in [2.24, 2.45) is 0 Å². The predicted molar refractivity (Wildman–Crippen MR) is 86.3 cm³/mol. The smallest absolute Gasteiger partial charge is 0.278 e. The predicted octanol–water partition coefficient (Wildman–Crippen LogP) is 2.49. The Bertz CT molecular complexity index is 710. The Hall–Kier alpha value is -2.18. The van der Waals surface area contributed by atoms with E-state index in [4.69, 9.17) is 4.52 Å². The van der Waals surface area contributed by atoms with E-state index >= 15 is 0 Å². The number of likely N-dealkylation sites (N-methyl/N-ethyl adjacent to an activating group) is 1. The Morgan fingerprint density at radius 3 is 2.73 bits per heavy atom. The highest BCUT2D eigenvalue weighted by Gasteiger charge is 2.13. The maximum Gasteiger partial charge on any atom is 0.278 e. The third kappa shape index (κ3) is 3.52. The third-order valence-electron chi connectivity index (χ3n) is 3.28. The third-order valence-corrected chi connectivity index (χ3v) is 3.28. The molecule has 3 aromatic rings. The van der Waals surface area contributed by atoms with Gasteiger partial charge in [-0.25, -0.2) is 4.68 Å². The average Bonchev–Trinajstić information content (AvgIpc) is 3.17. The van der Waals surface area contributed by atoms with Crippen LogP contribution in [0.4, 0.5) is 0 Å². The lowest BCUT2D eigenvalue weighted by atomic mass is 10.2. The fraction of sp³-hybridized carbons (Fsp3) is 0.267. The number of nitrogens with zero attached hydrogens (tertiary/aromatic N) is 4. The van der Waals surface area contributed by atoms with Crippen molar-refractivity contribution in [3.63, 3.8) is 0 Å². The fourth-order valence-electron chi connectivity index (χ4n) is 1.98. The van der Waals surface area contributed by atoms with Crippen molar-refractivity contribution >= 4 is 12.4 Å². The van der Waals surface area contributed by atoms with Crippen LogP contribution in [0.15, 0.2) is 47.1 Å². The van der Waals surface area contributed by atoms with Crippen LogP contribution in [0.3, 0.4) is 0 Å². The van der Waals surface area contributed by atoms with Crippen LogP contribution >= 0.6 is 12.4 Å². The van der Waals surface area contributed by atoms with Crippen LogP contribution in [0, 0.1) is 0 Å². The van der Waals surface area contributed by atoms with E-state index < -0.39 is 0 Å². The summed E-state index contributed by atoms with van der Waals surface area (Å²) in [5.41, 5.74) is 1.67. The molecule has 2 heterocycles. The second-order valence-electron chi connectivity index (χ2n) is 4.89. The number of hydrogen-bond donors (Lipinski definition) is 1. The maximum absolute atomic E-state index is 5.28. The number of hydrogen-bond acceptors (Lipinski definition) is 5. The largest absolute Gasteiger partial charge is 0.332 e. The molecule has 1 N–H and O–H groups in total. The lowest BCUT2D eigenvalue weighted by molar-refractivity contribution is 0.417. The zero-order valence-electron chi connectivity index (χ0n) is 12.4. The summed E-state index contributed by atoms with van der Waals surface area (Å²) < 4.78 is 7.07. The average molecular weight is 320 g/mol. The Morgan fingerprint density at radius 1 is 1.23 bits per heavy atom. The first-order valence-electron chi connectivity index (χ1n) is 6.87. The molecule has 0 spiro atoms. The minimum absolute atomic E-state index is 0. The molecule has 0 fully saturated rings. The van der Waals surface area contributed by atoms with Crippen LogP contribution in [0.2, 0.25) is 0 Å². The highest BCUT2D eigenvalue weighted by atomic mass is 35.5. The number of benzene rings is 1. The van der Waals surface area contributed by atoms with Gasteiger partial charge < -0.3 is 9.84 Å². The number of para-hydroxylation sites is 1. The second-order valence-corrected chi connectivity index (χ2v) is 4.89. The van der Waals surface area contributed by atoms with Crippen LogP contribution < -0.4 is 5.32 Å². The van der Waals surface area contributed by atoms with E-state index in [1.54, 1.807) is 4.68 Å². The lowest BCUT2D eigenvalue weighted by Gasteiger charge is -2.04. The number of aromatic nitrogens is 4. The highest BCUT2D eigenvalue weighted by molar-refractivity contribution is 5.85. The van der Waals surface area contributed by atoms with E-state index in [0.717, 1.165) is 12.1 Å². The van der Waals surface area contributed by atoms with Crippen LogP contribution in [-0.2, 0) is 6.42 Å². The molecule has 22 heavy (non-hydrogen) atoms. The van der Waals surface area contributed by atoms with Gasteiger partial charge in [0.2, 0.25) is 0 Å². The minimum atomic E-state index is 0. The molecule has 1 aromatic carbocycles. The molecular formula is C15H18ClN5O. The van der Waals surface area contributed by atoms with Gasteiger partial charge in [-0.2, -0.15) is 10.1 Å². The van der Waals surface area contributed by atoms with Crippen molar-refractivity contribution in [1.29, 1.82) is 0 Å². The van der Waals surface area contributed by atoms with E-state index in [1.165, 1.54) is 0 Å². The van der Waals surface area contributed by atoms with Gasteiger partial charge >= 0.3 is 0 Å². The summed E-state index contributed by atoms with van der Waals surface area (Å²) in [7, 11) is 1.91. The van der Waals surface area contributed by atoms with Gasteiger partial charge in [-0.3, -0.25) is 0 Å². The normalized spacial score (nSPS) is 11.9. The van der Waals surface area contributed by atoms with E-state index in [9.17, 15) is 0 Å². The molecule has 3 rings (SSSR count). The Labute approximate surface area is 135 Å². The molecule has 0 aliphatic rings. The lowest BCUT2D eigenvalue weighted by Crippen LogP contribution is -2.24. The van der Waals surface area contributed by atoms with Crippen molar-refractivity contribution in [1.82, 2.24) is 25.2 Å². The first-order chi connectivity index (χ1) is 10.3. The summed E-state index contributed by atoms with van der Waals surface area (Å²) in [6.07, 6.45) is 2.60. The van der Waals surface area contributed by atoms with Crippen molar-refractivity contribution in [3.05, 3.63) is 48.4 Å². The number of nitrogens with one attached hydrogen (secondary N) is 1. The van der Waals surface area contributed by atoms with Gasteiger partial charge in [-0.05, 0) is 32.2 Å². The Kier molecular flexibility index (Phi) is 5.30. The molecule has 0 saturated carbocycles. The van der Waals surface area contributed by atoms with Crippen molar-refractivity contribution in [3.8, 4) is 17.3 Å². The van der Waals surface area contributed by atoms with E-state index in [-0.39, 0.29) is 12.4 Å². The molecule has 116 valence electrons. The zero-order chi connectivity index (χ0) is 14.7. The van der Waals surface area contributed by atoms with E-state index in [0.29, 0.717) is 23.5 Å². The van der Waals surface area contributed by atoms with Gasteiger partial charge in [-0.15, -0.1) is 12.4 Å². The van der Waals surface area contributed by atoms with Crippen LogP contribution in [0.5, 0.6) is 0 Å². The summed E-state index contributed by atoms with van der Waals surface area (Å²) in [6.45, 7) is 2.07. The van der Waals surface area contributed by atoms with Gasteiger partial charge in [0.15, 0.2) is 11.5 Å². The summed E-state index contributed by atoms with van der Waals surface area (Å²) in [4.78, 5) is 4.38. The monoisotopic (exact) mass is 319 g/mol. The molecule has 0 bridgehead atoms. The van der Waals surface area contributed by atoms with Gasteiger partial charge in [0.05, 0.1) is 5.69 Å². The zero-order valence-corrected chi connectivity index (χ0v) is 13.2. The molecule has 1 unspecified atom stereocenters. The fourth-order valence-corrected chi connectivity index (χ4v) is 1.98. The summed E-state index contributed by atoms with van der Waals surface area (Å²) in [5, 5.41) is 11.6. The van der Waals surface area contributed by atoms with Gasteiger partial charge in [0.1, 0.15) is 0 Å². The quantitative estimate of drug-likeness (QED) is 0.782. The molecule has 0 saturated heterocycles. The molecule has 1 atom stereocenters. The van der Waals surface area contributed by atoms with Crippen LogP contribution in [0.1, 0.15) is 12.7 Å². The summed E-state index contributed by atoms with van der Waals surface area (Å²) in [6, 6.07) is 12.1. The molecule has 6 nitrogen and oxygen atoms in total. The minimum Gasteiger partial charge on any atom is -0.332 e. The van der Waals surface area contributed by atoms with Crippen LogP contribution in [0.25, 0.3) is 17.3 Å². The first-order valence-corrected chi connectivity index (χ1v) is 6.87. The van der Waals surface area contributed by atoms with E-state index in [2.05, 4.69) is 27.5 Å². The summed E-state index contributed by atoms with van der Waals surface area (Å²) in [5.74, 6) is 1.13. The molecule has 2 aromatic heterocycles. The maximum atomic E-state index is 5.28. The molecule has 0 aliphatic carbocycles. The first kappa shape index (κ1) is 16.2. The standard InChI is InChI=1S/C15H17N5O.ClH/c1-11(16-2)10-14-17-15(21-19-14)13-8-9-20(18-13)12-6-4-3-5-7-12;/h3-9,11,16H,10H2,1-2H3;1H. The molecule has 0 amide bonds. The highest BCUT2D eigenvalue weighted by Crippen LogP contribution is 2.17. The van der Waals surface area contributed by atoms with Gasteiger partial charge in [0.25, 0.3) is 5.89 Å². The SMILES string of the molecule is CNC(C)Cc1noc(-c2ccn(-c3ccccc3)n2)n1.Cl. The van der Waals surface area contributed by atoms with E-state index in [1.807, 2.05) is 49.6 Å². The summed E-state index contributed by atoms with van der Waals surface area (Å²) >= 11 is 0. The van der Waals surface area contributed by atoms with Crippen molar-refractivity contribution < 1.29 is 4.52 Å². The number of rotatable bonds is 5. The van der Waals surface area contributed by atoms with Crippen molar-refractivity contribution in [2.45, 2.75) is 19.4 Å². The Morgan fingerprint density at radius 2 is 2.00 bits per heavy atom. The van der Waals surface area contributed by atoms with Crippen LogP contribution in [-0.4, -0.2) is 33.0 Å². The molecular weight excluding hydrogens is 302 g/mol. The molecule has 0 radical (unpaired) electrons. The van der Waals surface area contributed by atoms with Crippen molar-refractivity contribution in [2.75, 3.05) is 7.05 Å².